The predicted octanol–water partition coefficient (Wildman–Crippen LogP) is 3.45. The first-order chi connectivity index (χ1) is 11.8. The van der Waals surface area contributed by atoms with E-state index in [1.54, 1.807) is 0 Å². The number of hydrogen-bond acceptors (Lipinski definition) is 4. The van der Waals surface area contributed by atoms with Crippen molar-refractivity contribution >= 4 is 17.8 Å². The van der Waals surface area contributed by atoms with Crippen molar-refractivity contribution in [1.82, 2.24) is 10.6 Å². The third kappa shape index (κ3) is 3.14. The van der Waals surface area contributed by atoms with E-state index >= 15 is 0 Å². The van der Waals surface area contributed by atoms with Gasteiger partial charge in [-0.25, -0.2) is 4.79 Å². The zero-order valence-electron chi connectivity index (χ0n) is 13.1. The van der Waals surface area contributed by atoms with Crippen molar-refractivity contribution in [3.05, 3.63) is 53.6 Å². The fourth-order valence-electron chi connectivity index (χ4n) is 2.93. The molecular weight excluding hydrogens is 324 g/mol. The van der Waals surface area contributed by atoms with Gasteiger partial charge in [0.25, 0.3) is 0 Å². The zero-order valence-corrected chi connectivity index (χ0v) is 13.9. The molecule has 4 rings (SSSR count). The topological polar surface area (TPSA) is 59.6 Å². The molecule has 0 spiro atoms. The van der Waals surface area contributed by atoms with Crippen molar-refractivity contribution in [2.24, 2.45) is 0 Å². The number of nitrogens with one attached hydrogen (secondary N) is 2. The predicted molar refractivity (Wildman–Crippen MR) is 92.5 cm³/mol. The van der Waals surface area contributed by atoms with Gasteiger partial charge in [-0.1, -0.05) is 24.3 Å². The number of ether oxygens (including phenoxy) is 2. The molecule has 2 aromatic rings. The number of carbonyl (C=O) groups is 1. The molecule has 2 amide bonds. The summed E-state index contributed by atoms with van der Waals surface area (Å²) >= 11 is 1.84. The molecule has 5 nitrogen and oxygen atoms in total. The molecule has 0 saturated carbocycles. The van der Waals surface area contributed by atoms with E-state index in [-0.39, 0.29) is 18.9 Å². The maximum absolute atomic E-state index is 12.2. The highest BCUT2D eigenvalue weighted by molar-refractivity contribution is 7.99. The van der Waals surface area contributed by atoms with Gasteiger partial charge in [-0.15, -0.1) is 11.8 Å². The average molecular weight is 342 g/mol. The third-order valence-corrected chi connectivity index (χ3v) is 5.28. The first-order valence-electron chi connectivity index (χ1n) is 7.94. The number of amides is 2. The van der Waals surface area contributed by atoms with E-state index in [1.165, 1.54) is 10.5 Å². The molecule has 6 heteroatoms. The van der Waals surface area contributed by atoms with Crippen molar-refractivity contribution in [2.75, 3.05) is 12.5 Å². The van der Waals surface area contributed by atoms with Crippen LogP contribution in [0, 0.1) is 0 Å². The van der Waals surface area contributed by atoms with Crippen LogP contribution in [0.1, 0.15) is 23.6 Å². The van der Waals surface area contributed by atoms with Crippen LogP contribution in [-0.2, 0) is 6.54 Å². The van der Waals surface area contributed by atoms with Crippen molar-refractivity contribution < 1.29 is 14.3 Å². The Balaban J connectivity index is 1.36. The lowest BCUT2D eigenvalue weighted by Gasteiger charge is -2.25. The van der Waals surface area contributed by atoms with E-state index in [0.29, 0.717) is 6.54 Å². The lowest BCUT2D eigenvalue weighted by Crippen LogP contribution is -2.38. The molecule has 2 aliphatic heterocycles. The van der Waals surface area contributed by atoms with Crippen LogP contribution in [0.3, 0.4) is 0 Å². The summed E-state index contributed by atoms with van der Waals surface area (Å²) in [6.45, 7) is 0.706. The maximum atomic E-state index is 12.2. The van der Waals surface area contributed by atoms with Crippen LogP contribution in [0.5, 0.6) is 11.5 Å². The quantitative estimate of drug-likeness (QED) is 0.897. The summed E-state index contributed by atoms with van der Waals surface area (Å²) in [6, 6.07) is 13.9. The van der Waals surface area contributed by atoms with Crippen molar-refractivity contribution in [1.29, 1.82) is 0 Å². The second-order valence-corrected chi connectivity index (χ2v) is 6.88. The zero-order chi connectivity index (χ0) is 16.4. The molecule has 0 saturated heterocycles. The molecule has 2 N–H and O–H groups in total. The van der Waals surface area contributed by atoms with E-state index in [0.717, 1.165) is 29.2 Å². The number of urea groups is 1. The number of carbonyl (C=O) groups excluding carboxylic acids is 1. The van der Waals surface area contributed by atoms with Crippen LogP contribution >= 0.6 is 11.8 Å². The van der Waals surface area contributed by atoms with Crippen molar-refractivity contribution in [3.63, 3.8) is 0 Å². The van der Waals surface area contributed by atoms with Crippen LogP contribution in [-0.4, -0.2) is 18.6 Å². The molecule has 0 aliphatic carbocycles. The minimum atomic E-state index is -0.153. The van der Waals surface area contributed by atoms with Gasteiger partial charge >= 0.3 is 6.03 Å². The fraction of sp³-hybridized carbons (Fsp3) is 0.278. The number of fused-ring (bicyclic) bond motifs is 2. The van der Waals surface area contributed by atoms with Gasteiger partial charge in [0.1, 0.15) is 0 Å². The Hall–Kier alpha value is -2.34. The second kappa shape index (κ2) is 6.65. The van der Waals surface area contributed by atoms with Crippen molar-refractivity contribution in [2.45, 2.75) is 23.9 Å². The number of thioether (sulfide) groups is 1. The van der Waals surface area contributed by atoms with E-state index in [4.69, 9.17) is 9.47 Å². The number of hydrogen-bond donors (Lipinski definition) is 2. The lowest BCUT2D eigenvalue weighted by molar-refractivity contribution is 0.174. The van der Waals surface area contributed by atoms with E-state index in [1.807, 2.05) is 42.1 Å². The van der Waals surface area contributed by atoms with Crippen LogP contribution in [0.15, 0.2) is 47.4 Å². The molecule has 0 aromatic heterocycles. The van der Waals surface area contributed by atoms with Gasteiger partial charge in [-0.2, -0.15) is 0 Å². The highest BCUT2D eigenvalue weighted by Gasteiger charge is 2.21. The summed E-state index contributed by atoms with van der Waals surface area (Å²) in [5.74, 6) is 2.50. The van der Waals surface area contributed by atoms with E-state index in [2.05, 4.69) is 22.8 Å². The third-order valence-electron chi connectivity index (χ3n) is 4.15. The Labute approximate surface area is 144 Å². The summed E-state index contributed by atoms with van der Waals surface area (Å²) in [5, 5.41) is 5.99. The van der Waals surface area contributed by atoms with Crippen molar-refractivity contribution in [3.8, 4) is 11.5 Å². The highest BCUT2D eigenvalue weighted by atomic mass is 32.2. The molecule has 0 fully saturated rings. The smallest absolute Gasteiger partial charge is 0.315 e. The summed E-state index contributed by atoms with van der Waals surface area (Å²) in [4.78, 5) is 13.5. The molecule has 2 aliphatic rings. The molecule has 2 heterocycles. The second-order valence-electron chi connectivity index (χ2n) is 5.74. The maximum Gasteiger partial charge on any atom is 0.315 e. The minimum absolute atomic E-state index is 0.0687. The Morgan fingerprint density at radius 2 is 2.04 bits per heavy atom. The monoisotopic (exact) mass is 342 g/mol. The summed E-state index contributed by atoms with van der Waals surface area (Å²) in [7, 11) is 0. The SMILES string of the molecule is O=C(NCc1ccc2c(c1)OCO2)NC1CCSc2ccccc21. The average Bonchev–Trinajstić information content (AvgIpc) is 3.08. The van der Waals surface area contributed by atoms with Crippen LogP contribution in [0.25, 0.3) is 0 Å². The van der Waals surface area contributed by atoms with Crippen LogP contribution in [0.4, 0.5) is 4.79 Å². The Morgan fingerprint density at radius 1 is 1.17 bits per heavy atom. The molecule has 1 unspecified atom stereocenters. The standard InChI is InChI=1S/C18H18N2O3S/c21-18(19-10-12-5-6-15-16(9-12)23-11-22-15)20-14-7-8-24-17-4-2-1-3-13(14)17/h1-6,9,14H,7-8,10-11H2,(H2,19,20,21). The van der Waals surface area contributed by atoms with Gasteiger partial charge in [-0.3, -0.25) is 0 Å². The first kappa shape index (κ1) is 15.2. The Morgan fingerprint density at radius 3 is 3.00 bits per heavy atom. The fourth-order valence-corrected chi connectivity index (χ4v) is 4.06. The van der Waals surface area contributed by atoms with Gasteiger partial charge in [0.15, 0.2) is 11.5 Å². The molecule has 124 valence electrons. The molecule has 1 atom stereocenters. The van der Waals surface area contributed by atoms with Gasteiger partial charge in [0, 0.05) is 17.2 Å². The lowest BCUT2D eigenvalue weighted by atomic mass is 10.0. The number of benzene rings is 2. The van der Waals surface area contributed by atoms with Crippen LogP contribution < -0.4 is 20.1 Å². The summed E-state index contributed by atoms with van der Waals surface area (Å²) in [6.07, 6.45) is 0.944. The van der Waals surface area contributed by atoms with E-state index < -0.39 is 0 Å². The van der Waals surface area contributed by atoms with Gasteiger partial charge in [0.05, 0.1) is 6.04 Å². The normalized spacial score (nSPS) is 17.9. The highest BCUT2D eigenvalue weighted by Crippen LogP contribution is 2.35. The molecule has 0 radical (unpaired) electrons. The summed E-state index contributed by atoms with van der Waals surface area (Å²) < 4.78 is 10.6. The Kier molecular flexibility index (Phi) is 4.21. The molecule has 0 bridgehead atoms. The van der Waals surface area contributed by atoms with Gasteiger partial charge in [-0.05, 0) is 35.7 Å². The summed E-state index contributed by atoms with van der Waals surface area (Å²) in [5.41, 5.74) is 2.18. The van der Waals surface area contributed by atoms with Gasteiger partial charge < -0.3 is 20.1 Å². The molecular formula is C18H18N2O3S. The number of rotatable bonds is 3. The molecule has 2 aromatic carbocycles. The van der Waals surface area contributed by atoms with Crippen LogP contribution in [0.2, 0.25) is 0 Å². The largest absolute Gasteiger partial charge is 0.454 e. The first-order valence-corrected chi connectivity index (χ1v) is 8.93. The minimum Gasteiger partial charge on any atom is -0.454 e. The van der Waals surface area contributed by atoms with E-state index in [9.17, 15) is 4.79 Å². The Bertz CT molecular complexity index is 766. The van der Waals surface area contributed by atoms with Gasteiger partial charge in [0.2, 0.25) is 6.79 Å². The molecule has 24 heavy (non-hydrogen) atoms.